The maximum atomic E-state index is 5.70. The van der Waals surface area contributed by atoms with Crippen LogP contribution in [-0.4, -0.2) is 63.5 Å². The van der Waals surface area contributed by atoms with Gasteiger partial charge >= 0.3 is 0 Å². The van der Waals surface area contributed by atoms with E-state index in [4.69, 9.17) is 14.5 Å². The molecule has 1 N–H and O–H groups in total. The molecule has 3 fully saturated rings. The number of hydrogen-bond donors (Lipinski definition) is 1. The summed E-state index contributed by atoms with van der Waals surface area (Å²) in [5.41, 5.74) is 1.84. The van der Waals surface area contributed by atoms with E-state index in [1.165, 1.54) is 18.4 Å². The van der Waals surface area contributed by atoms with Crippen LogP contribution in [0.1, 0.15) is 38.2 Å². The predicted molar refractivity (Wildman–Crippen MR) is 124 cm³/mol. The van der Waals surface area contributed by atoms with Crippen LogP contribution < -0.4 is 5.32 Å². The zero-order valence-electron chi connectivity index (χ0n) is 17.0. The van der Waals surface area contributed by atoms with Gasteiger partial charge in [0.25, 0.3) is 0 Å². The normalized spacial score (nSPS) is 27.0. The summed E-state index contributed by atoms with van der Waals surface area (Å²) in [7, 11) is 0. The van der Waals surface area contributed by atoms with Crippen molar-refractivity contribution in [3.05, 3.63) is 35.9 Å². The second-order valence-corrected chi connectivity index (χ2v) is 8.40. The van der Waals surface area contributed by atoms with Crippen molar-refractivity contribution in [3.8, 4) is 0 Å². The summed E-state index contributed by atoms with van der Waals surface area (Å²) in [6.45, 7) is 9.50. The van der Waals surface area contributed by atoms with Crippen LogP contribution in [-0.2, 0) is 14.9 Å². The van der Waals surface area contributed by atoms with Crippen molar-refractivity contribution >= 4 is 29.9 Å². The smallest absolute Gasteiger partial charge is 0.193 e. The lowest BCUT2D eigenvalue weighted by Crippen LogP contribution is -2.43. The molecule has 3 heterocycles. The number of rotatable bonds is 4. The van der Waals surface area contributed by atoms with Gasteiger partial charge in [-0.15, -0.1) is 24.0 Å². The number of aliphatic imine (C=N–C) groups is 1. The molecule has 1 aromatic carbocycles. The Morgan fingerprint density at radius 2 is 1.82 bits per heavy atom. The van der Waals surface area contributed by atoms with Crippen LogP contribution in [0.5, 0.6) is 0 Å². The van der Waals surface area contributed by atoms with E-state index in [0.29, 0.717) is 5.41 Å². The van der Waals surface area contributed by atoms with Crippen LogP contribution in [0.15, 0.2) is 35.3 Å². The largest absolute Gasteiger partial charge is 0.381 e. The molecule has 1 unspecified atom stereocenters. The first kappa shape index (κ1) is 21.8. The Kier molecular flexibility index (Phi) is 7.61. The number of nitrogens with zero attached hydrogens (tertiary/aromatic N) is 2. The molecule has 0 aromatic heterocycles. The molecule has 1 spiro atoms. The summed E-state index contributed by atoms with van der Waals surface area (Å²) >= 11 is 0. The van der Waals surface area contributed by atoms with Gasteiger partial charge in [0.05, 0.1) is 13.2 Å². The van der Waals surface area contributed by atoms with Crippen LogP contribution in [0.3, 0.4) is 0 Å². The monoisotopic (exact) mass is 499 g/mol. The number of nitrogens with one attached hydrogen (secondary N) is 1. The third-order valence-corrected chi connectivity index (χ3v) is 6.63. The number of hydrogen-bond acceptors (Lipinski definition) is 3. The molecule has 1 aromatic rings. The molecule has 28 heavy (non-hydrogen) atoms. The van der Waals surface area contributed by atoms with Crippen LogP contribution in [0.4, 0.5) is 0 Å². The second kappa shape index (κ2) is 9.76. The molecule has 3 aliphatic heterocycles. The highest BCUT2D eigenvalue weighted by atomic mass is 127. The third-order valence-electron chi connectivity index (χ3n) is 6.63. The summed E-state index contributed by atoms with van der Waals surface area (Å²) in [6, 6.07) is 10.9. The molecule has 0 amide bonds. The van der Waals surface area contributed by atoms with Gasteiger partial charge in [0.2, 0.25) is 0 Å². The summed E-state index contributed by atoms with van der Waals surface area (Å²) in [5, 5.41) is 3.54. The van der Waals surface area contributed by atoms with Gasteiger partial charge in [-0.05, 0) is 38.2 Å². The Hall–Kier alpha value is -0.860. The second-order valence-electron chi connectivity index (χ2n) is 8.40. The first-order valence-corrected chi connectivity index (χ1v) is 10.5. The van der Waals surface area contributed by atoms with Crippen LogP contribution >= 0.6 is 24.0 Å². The zero-order valence-corrected chi connectivity index (χ0v) is 19.3. The van der Waals surface area contributed by atoms with Gasteiger partial charge in [0.15, 0.2) is 5.96 Å². The number of likely N-dealkylation sites (tertiary alicyclic amines) is 1. The molecule has 5 nitrogen and oxygen atoms in total. The molecule has 4 rings (SSSR count). The van der Waals surface area contributed by atoms with E-state index in [-0.39, 0.29) is 29.4 Å². The summed E-state index contributed by atoms with van der Waals surface area (Å²) in [5.74, 6) is 1.07. The van der Waals surface area contributed by atoms with E-state index in [1.807, 2.05) is 0 Å². The Morgan fingerprint density at radius 1 is 1.07 bits per heavy atom. The quantitative estimate of drug-likeness (QED) is 0.392. The van der Waals surface area contributed by atoms with Gasteiger partial charge in [-0.25, -0.2) is 0 Å². The Bertz CT molecular complexity index is 640. The fourth-order valence-corrected chi connectivity index (χ4v) is 4.83. The van der Waals surface area contributed by atoms with Crippen LogP contribution in [0, 0.1) is 5.41 Å². The molecule has 6 heteroatoms. The molecule has 156 valence electrons. The average Bonchev–Trinajstić information content (AvgIpc) is 3.36. The number of ether oxygens (including phenoxy) is 2. The number of benzene rings is 1. The molecule has 0 saturated carbocycles. The lowest BCUT2D eigenvalue weighted by molar-refractivity contribution is 0.0530. The van der Waals surface area contributed by atoms with Crippen molar-refractivity contribution in [3.63, 3.8) is 0 Å². The van der Waals surface area contributed by atoms with Crippen LogP contribution in [0.2, 0.25) is 0 Å². The highest BCUT2D eigenvalue weighted by molar-refractivity contribution is 14.0. The summed E-state index contributed by atoms with van der Waals surface area (Å²) in [4.78, 5) is 7.61. The summed E-state index contributed by atoms with van der Waals surface area (Å²) in [6.07, 6.45) is 4.48. The highest BCUT2D eigenvalue weighted by Crippen LogP contribution is 2.39. The van der Waals surface area contributed by atoms with Gasteiger partial charge < -0.3 is 19.7 Å². The van der Waals surface area contributed by atoms with E-state index < -0.39 is 0 Å². The topological polar surface area (TPSA) is 46.1 Å². The Labute approximate surface area is 186 Å². The zero-order chi connectivity index (χ0) is 18.6. The SMILES string of the molecule is CCNC(=NCC1(c2ccccc2)CCOCC1)N1CCC2(CCOC2)C1.I. The minimum Gasteiger partial charge on any atom is -0.381 e. The van der Waals surface area contributed by atoms with Crippen molar-refractivity contribution in [2.45, 2.75) is 38.0 Å². The van der Waals surface area contributed by atoms with Gasteiger partial charge in [-0.2, -0.15) is 0 Å². The fourth-order valence-electron chi connectivity index (χ4n) is 4.83. The maximum absolute atomic E-state index is 5.70. The third kappa shape index (κ3) is 4.65. The summed E-state index contributed by atoms with van der Waals surface area (Å²) < 4.78 is 11.4. The minimum absolute atomic E-state index is 0. The lowest BCUT2D eigenvalue weighted by atomic mass is 9.74. The molecular formula is C22H34IN3O2. The highest BCUT2D eigenvalue weighted by Gasteiger charge is 2.42. The minimum atomic E-state index is 0. The molecule has 0 aliphatic carbocycles. The van der Waals surface area contributed by atoms with Crippen molar-refractivity contribution in [2.24, 2.45) is 10.4 Å². The molecule has 3 aliphatic rings. The Morgan fingerprint density at radius 3 is 2.50 bits per heavy atom. The van der Waals surface area contributed by atoms with Gasteiger partial charge in [-0.3, -0.25) is 4.99 Å². The number of guanidine groups is 1. The molecule has 1 atom stereocenters. The molecule has 3 saturated heterocycles. The molecule has 0 bridgehead atoms. The molecular weight excluding hydrogens is 465 g/mol. The Balaban J connectivity index is 0.00000225. The van der Waals surface area contributed by atoms with Crippen molar-refractivity contribution in [1.82, 2.24) is 10.2 Å². The maximum Gasteiger partial charge on any atom is 0.193 e. The predicted octanol–water partition coefficient (Wildman–Crippen LogP) is 3.43. The standard InChI is InChI=1S/C22H33N3O2.HI/c1-2-23-20(25-12-8-21(17-25)9-13-27-18-21)24-16-22(10-14-26-15-11-22)19-6-4-3-5-7-19;/h3-7H,2,8-18H2,1H3,(H,23,24);1H. The van der Waals surface area contributed by atoms with Crippen molar-refractivity contribution in [1.29, 1.82) is 0 Å². The average molecular weight is 499 g/mol. The van der Waals surface area contributed by atoms with Crippen molar-refractivity contribution in [2.75, 3.05) is 52.6 Å². The van der Waals surface area contributed by atoms with Gasteiger partial charge in [-0.1, -0.05) is 30.3 Å². The lowest BCUT2D eigenvalue weighted by Gasteiger charge is -2.37. The van der Waals surface area contributed by atoms with E-state index in [0.717, 1.165) is 71.4 Å². The van der Waals surface area contributed by atoms with E-state index in [2.05, 4.69) is 47.5 Å². The number of halogens is 1. The first-order valence-electron chi connectivity index (χ1n) is 10.5. The first-order chi connectivity index (χ1) is 13.3. The van der Waals surface area contributed by atoms with Crippen LogP contribution in [0.25, 0.3) is 0 Å². The molecule has 0 radical (unpaired) electrons. The van der Waals surface area contributed by atoms with E-state index >= 15 is 0 Å². The van der Waals surface area contributed by atoms with Gasteiger partial charge in [0.1, 0.15) is 0 Å². The van der Waals surface area contributed by atoms with Crippen molar-refractivity contribution < 1.29 is 9.47 Å². The fraction of sp³-hybridized carbons (Fsp3) is 0.682. The van der Waals surface area contributed by atoms with E-state index in [9.17, 15) is 0 Å². The van der Waals surface area contributed by atoms with E-state index in [1.54, 1.807) is 0 Å². The van der Waals surface area contributed by atoms with Gasteiger partial charge in [0, 0.05) is 50.3 Å².